The second-order valence-corrected chi connectivity index (χ2v) is 5.43. The maximum absolute atomic E-state index is 10.1. The SMILES string of the molecule is C.C.CC(C)C(=O)O.CC(C)CP(=O)(O)O. The first kappa shape index (κ1) is 24.7. The second-order valence-electron chi connectivity index (χ2n) is 3.73. The van der Waals surface area contributed by atoms with Gasteiger partial charge in [0.05, 0.1) is 12.1 Å². The Balaban J connectivity index is -0.0000000825. The summed E-state index contributed by atoms with van der Waals surface area (Å²) < 4.78 is 10.1. The van der Waals surface area contributed by atoms with E-state index < -0.39 is 13.6 Å². The summed E-state index contributed by atoms with van der Waals surface area (Å²) in [5, 5.41) is 7.99. The third-order valence-corrected chi connectivity index (χ3v) is 2.30. The number of rotatable bonds is 3. The van der Waals surface area contributed by atoms with Crippen molar-refractivity contribution in [1.29, 1.82) is 0 Å². The van der Waals surface area contributed by atoms with Gasteiger partial charge in [-0.25, -0.2) is 0 Å². The van der Waals surface area contributed by atoms with Crippen molar-refractivity contribution < 1.29 is 24.3 Å². The minimum atomic E-state index is -3.72. The van der Waals surface area contributed by atoms with Gasteiger partial charge in [-0.1, -0.05) is 42.5 Å². The van der Waals surface area contributed by atoms with Crippen molar-refractivity contribution in [2.24, 2.45) is 11.8 Å². The summed E-state index contributed by atoms with van der Waals surface area (Å²) in [6.45, 7) is 6.84. The predicted molar refractivity (Wildman–Crippen MR) is 67.7 cm³/mol. The van der Waals surface area contributed by atoms with E-state index in [2.05, 4.69) is 0 Å². The van der Waals surface area contributed by atoms with Crippen LogP contribution in [0, 0.1) is 11.8 Å². The van der Waals surface area contributed by atoms with Crippen molar-refractivity contribution in [2.45, 2.75) is 42.5 Å². The Bertz CT molecular complexity index is 207. The van der Waals surface area contributed by atoms with Crippen LogP contribution in [-0.4, -0.2) is 27.0 Å². The van der Waals surface area contributed by atoms with Gasteiger partial charge in [0.2, 0.25) is 0 Å². The van der Waals surface area contributed by atoms with Crippen LogP contribution in [0.15, 0.2) is 0 Å². The Morgan fingerprint density at radius 2 is 1.38 bits per heavy atom. The van der Waals surface area contributed by atoms with Gasteiger partial charge in [0, 0.05) is 0 Å². The highest BCUT2D eigenvalue weighted by Gasteiger charge is 2.13. The van der Waals surface area contributed by atoms with E-state index in [1.807, 2.05) is 0 Å². The van der Waals surface area contributed by atoms with E-state index in [1.165, 1.54) is 0 Å². The van der Waals surface area contributed by atoms with Crippen molar-refractivity contribution in [2.75, 3.05) is 6.16 Å². The number of hydrogen-bond acceptors (Lipinski definition) is 2. The summed E-state index contributed by atoms with van der Waals surface area (Å²) >= 11 is 0. The van der Waals surface area contributed by atoms with Crippen LogP contribution < -0.4 is 0 Å². The highest BCUT2D eigenvalue weighted by molar-refractivity contribution is 7.51. The third-order valence-electron chi connectivity index (χ3n) is 1.10. The van der Waals surface area contributed by atoms with Crippen molar-refractivity contribution in [3.8, 4) is 0 Å². The summed E-state index contributed by atoms with van der Waals surface area (Å²) in [6.07, 6.45) is -0.00694. The summed E-state index contributed by atoms with van der Waals surface area (Å²) in [5.74, 6) is -0.893. The molecule has 3 N–H and O–H groups in total. The zero-order chi connectivity index (χ0) is 11.9. The highest BCUT2D eigenvalue weighted by Crippen LogP contribution is 2.36. The van der Waals surface area contributed by atoms with Crippen LogP contribution in [0.5, 0.6) is 0 Å². The first-order valence-electron chi connectivity index (χ1n) is 4.33. The van der Waals surface area contributed by atoms with Crippen LogP contribution in [0.1, 0.15) is 42.5 Å². The summed E-state index contributed by atoms with van der Waals surface area (Å²) in [6, 6.07) is 0. The summed E-state index contributed by atoms with van der Waals surface area (Å²) in [4.78, 5) is 26.3. The number of carbonyl (C=O) groups is 1. The molecule has 0 amide bonds. The summed E-state index contributed by atoms with van der Waals surface area (Å²) in [7, 11) is -3.72. The van der Waals surface area contributed by atoms with Crippen LogP contribution in [0.4, 0.5) is 0 Å². The minimum Gasteiger partial charge on any atom is -0.481 e. The average molecular weight is 258 g/mol. The van der Waals surface area contributed by atoms with Gasteiger partial charge in [0.1, 0.15) is 0 Å². The molecule has 16 heavy (non-hydrogen) atoms. The molecule has 0 aliphatic carbocycles. The molecule has 6 heteroatoms. The Kier molecular flexibility index (Phi) is 17.2. The molecule has 0 aliphatic heterocycles. The fourth-order valence-electron chi connectivity index (χ4n) is 0.476. The molecule has 0 aromatic heterocycles. The van der Waals surface area contributed by atoms with Gasteiger partial charge < -0.3 is 14.9 Å². The number of carboxylic acid groups (broad SMARTS) is 1. The Morgan fingerprint density at radius 1 is 1.12 bits per heavy atom. The number of hydrogen-bond donors (Lipinski definition) is 3. The Morgan fingerprint density at radius 3 is 1.38 bits per heavy atom. The Labute approximate surface area is 99.0 Å². The van der Waals surface area contributed by atoms with Crippen molar-refractivity contribution in [1.82, 2.24) is 0 Å². The van der Waals surface area contributed by atoms with Gasteiger partial charge >= 0.3 is 13.6 Å². The van der Waals surface area contributed by atoms with Crippen molar-refractivity contribution in [3.63, 3.8) is 0 Å². The molecule has 5 nitrogen and oxygen atoms in total. The minimum absolute atomic E-state index is 0. The molecule has 0 aromatic rings. The van der Waals surface area contributed by atoms with Gasteiger partial charge in [-0.05, 0) is 5.92 Å². The molecule has 0 unspecified atom stereocenters. The van der Waals surface area contributed by atoms with Gasteiger partial charge in [-0.15, -0.1) is 0 Å². The monoisotopic (exact) mass is 258 g/mol. The van der Waals surface area contributed by atoms with Crippen LogP contribution in [0.3, 0.4) is 0 Å². The fourth-order valence-corrected chi connectivity index (χ4v) is 1.43. The van der Waals surface area contributed by atoms with E-state index in [0.29, 0.717) is 0 Å². The lowest BCUT2D eigenvalue weighted by Gasteiger charge is -2.04. The molecule has 0 bridgehead atoms. The molecule has 0 saturated heterocycles. The van der Waals surface area contributed by atoms with Crippen LogP contribution in [0.2, 0.25) is 0 Å². The van der Waals surface area contributed by atoms with E-state index in [-0.39, 0.29) is 32.9 Å². The van der Waals surface area contributed by atoms with Crippen LogP contribution >= 0.6 is 7.60 Å². The van der Waals surface area contributed by atoms with E-state index in [1.54, 1.807) is 27.7 Å². The van der Waals surface area contributed by atoms with E-state index in [4.69, 9.17) is 14.9 Å². The molecule has 0 rings (SSSR count). The first-order valence-corrected chi connectivity index (χ1v) is 6.13. The fraction of sp³-hybridized carbons (Fsp3) is 0.900. The predicted octanol–water partition coefficient (Wildman–Crippen LogP) is 2.82. The lowest BCUT2D eigenvalue weighted by Crippen LogP contribution is -2.03. The van der Waals surface area contributed by atoms with Crippen molar-refractivity contribution >= 4 is 13.6 Å². The maximum atomic E-state index is 10.1. The molecular weight excluding hydrogens is 231 g/mol. The second kappa shape index (κ2) is 11.1. The van der Waals surface area contributed by atoms with E-state index >= 15 is 0 Å². The lowest BCUT2D eigenvalue weighted by molar-refractivity contribution is -0.140. The van der Waals surface area contributed by atoms with Gasteiger partial charge in [-0.3, -0.25) is 9.36 Å². The van der Waals surface area contributed by atoms with Crippen molar-refractivity contribution in [3.05, 3.63) is 0 Å². The first-order chi connectivity index (χ1) is 6.06. The molecular formula is C10H27O5P. The molecule has 0 spiro atoms. The molecule has 102 valence electrons. The molecule has 0 aliphatic rings. The molecule has 0 fully saturated rings. The third kappa shape index (κ3) is 29.2. The van der Waals surface area contributed by atoms with Gasteiger partial charge in [-0.2, -0.15) is 0 Å². The quantitative estimate of drug-likeness (QED) is 0.676. The van der Waals surface area contributed by atoms with Gasteiger partial charge in [0.15, 0.2) is 0 Å². The number of carboxylic acids is 1. The molecule has 0 heterocycles. The molecule has 0 radical (unpaired) electrons. The topological polar surface area (TPSA) is 94.8 Å². The highest BCUT2D eigenvalue weighted by atomic mass is 31.2. The van der Waals surface area contributed by atoms with E-state index in [9.17, 15) is 9.36 Å². The average Bonchev–Trinajstić information content (AvgIpc) is 1.81. The standard InChI is InChI=1S/C4H11O3P.C4H8O2.2CH4/c1-4(2)3-8(5,6)7;1-3(2)4(5)6;;/h4H,3H2,1-2H3,(H2,5,6,7);3H,1-2H3,(H,5,6);2*1H4. The molecule has 0 atom stereocenters. The normalized spacial score (nSPS) is 9.75. The smallest absolute Gasteiger partial charge is 0.325 e. The zero-order valence-electron chi connectivity index (χ0n) is 8.97. The van der Waals surface area contributed by atoms with E-state index in [0.717, 1.165) is 0 Å². The zero-order valence-corrected chi connectivity index (χ0v) is 9.86. The lowest BCUT2D eigenvalue weighted by atomic mass is 10.2. The van der Waals surface area contributed by atoms with Crippen LogP contribution in [0.25, 0.3) is 0 Å². The largest absolute Gasteiger partial charge is 0.481 e. The summed E-state index contributed by atoms with van der Waals surface area (Å²) in [5.41, 5.74) is 0. The number of aliphatic carboxylic acids is 1. The Hall–Kier alpha value is -0.380. The molecule has 0 aromatic carbocycles. The van der Waals surface area contributed by atoms with Gasteiger partial charge in [0.25, 0.3) is 0 Å². The molecule has 0 saturated carbocycles. The van der Waals surface area contributed by atoms with Crippen LogP contribution in [-0.2, 0) is 9.36 Å². The maximum Gasteiger partial charge on any atom is 0.325 e.